The van der Waals surface area contributed by atoms with Crippen LogP contribution < -0.4 is 9.64 Å². The van der Waals surface area contributed by atoms with Crippen molar-refractivity contribution in [3.8, 4) is 22.9 Å². The van der Waals surface area contributed by atoms with Crippen molar-refractivity contribution in [1.29, 1.82) is 0 Å². The number of rotatable bonds is 9. The van der Waals surface area contributed by atoms with Crippen molar-refractivity contribution in [2.75, 3.05) is 50.8 Å². The van der Waals surface area contributed by atoms with Gasteiger partial charge in [-0.2, -0.15) is 0 Å². The molecule has 10 nitrogen and oxygen atoms in total. The van der Waals surface area contributed by atoms with Gasteiger partial charge < -0.3 is 19.5 Å². The molecule has 0 amide bonds. The van der Waals surface area contributed by atoms with Gasteiger partial charge in [0.05, 0.1) is 37.3 Å². The van der Waals surface area contributed by atoms with Gasteiger partial charge in [-0.1, -0.05) is 23.2 Å². The zero-order valence-corrected chi connectivity index (χ0v) is 25.7. The highest BCUT2D eigenvalue weighted by atomic mass is 35.5. The van der Waals surface area contributed by atoms with Crippen LogP contribution in [-0.4, -0.2) is 93.8 Å². The van der Waals surface area contributed by atoms with Gasteiger partial charge in [0.15, 0.2) is 5.75 Å². The Balaban J connectivity index is 1.17. The van der Waals surface area contributed by atoms with Crippen molar-refractivity contribution in [3.05, 3.63) is 58.3 Å². The molecule has 12 heteroatoms. The molecule has 1 unspecified atom stereocenters. The number of carboxylic acid groups (broad SMARTS) is 1. The number of nitrogens with zero attached hydrogens (tertiary/aromatic N) is 6. The van der Waals surface area contributed by atoms with Crippen molar-refractivity contribution in [2.45, 2.75) is 44.8 Å². The summed E-state index contributed by atoms with van der Waals surface area (Å²) < 4.78 is 11.6. The molecule has 6 rings (SSSR count). The molecule has 2 aromatic heterocycles. The maximum atomic E-state index is 11.1. The number of ether oxygens (including phenoxy) is 2. The van der Waals surface area contributed by atoms with Crippen molar-refractivity contribution < 1.29 is 19.4 Å². The molecule has 0 saturated carbocycles. The largest absolute Gasteiger partial charge is 0.481 e. The van der Waals surface area contributed by atoms with Gasteiger partial charge >= 0.3 is 5.97 Å². The maximum absolute atomic E-state index is 11.1. The summed E-state index contributed by atoms with van der Waals surface area (Å²) in [4.78, 5) is 32.2. The summed E-state index contributed by atoms with van der Waals surface area (Å²) in [6.45, 7) is 8.93. The second kappa shape index (κ2) is 13.3. The van der Waals surface area contributed by atoms with E-state index in [0.717, 1.165) is 69.9 Å². The van der Waals surface area contributed by atoms with Crippen LogP contribution in [0.5, 0.6) is 11.6 Å². The predicted molar refractivity (Wildman–Crippen MR) is 165 cm³/mol. The fourth-order valence-corrected chi connectivity index (χ4v) is 6.69. The highest BCUT2D eigenvalue weighted by molar-refractivity contribution is 6.35. The molecule has 228 valence electrons. The molecule has 0 aliphatic carbocycles. The van der Waals surface area contributed by atoms with E-state index in [0.29, 0.717) is 51.9 Å². The highest BCUT2D eigenvalue weighted by Gasteiger charge is 2.34. The van der Waals surface area contributed by atoms with E-state index in [1.165, 1.54) is 0 Å². The Morgan fingerprint density at radius 1 is 1.02 bits per heavy atom. The summed E-state index contributed by atoms with van der Waals surface area (Å²) in [5.74, 6) is 1.10. The average Bonchev–Trinajstić information content (AvgIpc) is 2.94. The summed E-state index contributed by atoms with van der Waals surface area (Å²) in [6, 6.07) is 10.2. The summed E-state index contributed by atoms with van der Waals surface area (Å²) in [5, 5.41) is 10.2. The molecule has 1 atom stereocenters. The predicted octanol–water partition coefficient (Wildman–Crippen LogP) is 5.23. The fourth-order valence-electron chi connectivity index (χ4n) is 6.16. The van der Waals surface area contributed by atoms with E-state index in [9.17, 15) is 4.79 Å². The smallest absolute Gasteiger partial charge is 0.303 e. The first kappa shape index (κ1) is 30.0. The second-order valence-corrected chi connectivity index (χ2v) is 12.6. The second-order valence-electron chi connectivity index (χ2n) is 11.7. The van der Waals surface area contributed by atoms with Gasteiger partial charge in [-0.3, -0.25) is 14.6 Å². The number of pyridine rings is 1. The molecule has 3 aliphatic heterocycles. The Hall–Kier alpha value is -3.02. The van der Waals surface area contributed by atoms with Crippen LogP contribution in [0.25, 0.3) is 11.3 Å². The first-order chi connectivity index (χ1) is 20.8. The number of carboxylic acids is 1. The number of piperazine rings is 1. The molecule has 0 spiro atoms. The van der Waals surface area contributed by atoms with Crippen LogP contribution in [-0.2, 0) is 16.1 Å². The lowest BCUT2D eigenvalue weighted by molar-refractivity contribution is -0.138. The molecule has 3 aromatic rings. The van der Waals surface area contributed by atoms with E-state index in [-0.39, 0.29) is 12.3 Å². The molecule has 3 fully saturated rings. The van der Waals surface area contributed by atoms with Gasteiger partial charge in [0.1, 0.15) is 0 Å². The van der Waals surface area contributed by atoms with Crippen LogP contribution in [0.1, 0.15) is 31.7 Å². The van der Waals surface area contributed by atoms with Gasteiger partial charge in [-0.15, -0.1) is 0 Å². The zero-order valence-electron chi connectivity index (χ0n) is 24.2. The number of benzene rings is 1. The molecule has 0 bridgehead atoms. The van der Waals surface area contributed by atoms with E-state index in [4.69, 9.17) is 42.8 Å². The number of aliphatic carboxylic acids is 1. The van der Waals surface area contributed by atoms with E-state index in [2.05, 4.69) is 31.6 Å². The quantitative estimate of drug-likeness (QED) is 0.339. The Labute approximate surface area is 261 Å². The normalized spacial score (nSPS) is 20.6. The molecule has 5 heterocycles. The average molecular weight is 628 g/mol. The minimum absolute atomic E-state index is 0.224. The number of carbonyl (C=O) groups is 1. The van der Waals surface area contributed by atoms with Crippen molar-refractivity contribution in [1.82, 2.24) is 24.8 Å². The number of piperidine rings is 1. The Morgan fingerprint density at radius 3 is 2.37 bits per heavy atom. The molecule has 0 radical (unpaired) electrons. The summed E-state index contributed by atoms with van der Waals surface area (Å²) in [5.41, 5.74) is 2.51. The SMILES string of the molecule is CC1CN(c2ncc(Oc3cc(CN4CCC(CC(=O)O)CC4)cc(-c4cc(Cl)cc(Cl)c4)n3)cn2)CCN1C1COC1. The molecule has 3 aliphatic rings. The maximum Gasteiger partial charge on any atom is 0.303 e. The van der Waals surface area contributed by atoms with Crippen LogP contribution in [0, 0.1) is 5.92 Å². The lowest BCUT2D eigenvalue weighted by Crippen LogP contribution is -2.60. The number of likely N-dealkylation sites (tertiary alicyclic amines) is 1. The third-order valence-electron chi connectivity index (χ3n) is 8.48. The third kappa shape index (κ3) is 7.56. The summed E-state index contributed by atoms with van der Waals surface area (Å²) in [6.07, 6.45) is 5.34. The molecule has 1 N–H and O–H groups in total. The third-order valence-corrected chi connectivity index (χ3v) is 8.92. The van der Waals surface area contributed by atoms with Gasteiger partial charge in [-0.05, 0) is 68.6 Å². The van der Waals surface area contributed by atoms with Gasteiger partial charge in [-0.25, -0.2) is 15.0 Å². The summed E-state index contributed by atoms with van der Waals surface area (Å²) >= 11 is 12.6. The fraction of sp³-hybridized carbons (Fsp3) is 0.484. The number of aromatic nitrogens is 3. The molecule has 1 aromatic carbocycles. The minimum atomic E-state index is -0.729. The van der Waals surface area contributed by atoms with Crippen molar-refractivity contribution >= 4 is 35.1 Å². The standard InChI is InChI=1S/C31H36Cl2N6O4/c1-20-16-38(6-7-39(20)26-18-42-19-26)31-34-14-27(15-35-31)43-29-9-22(17-37-4-2-21(3-5-37)10-30(40)41)8-28(36-29)23-11-24(32)13-25(33)12-23/h8-9,11-15,20-21,26H,2-7,10,16-19H2,1H3,(H,40,41). The first-order valence-electron chi connectivity index (χ1n) is 14.8. The van der Waals surface area contributed by atoms with Crippen LogP contribution in [0.15, 0.2) is 42.7 Å². The van der Waals surface area contributed by atoms with E-state index in [1.807, 2.05) is 24.3 Å². The summed E-state index contributed by atoms with van der Waals surface area (Å²) in [7, 11) is 0. The molecule has 3 saturated heterocycles. The van der Waals surface area contributed by atoms with E-state index < -0.39 is 5.97 Å². The topological polar surface area (TPSA) is 104 Å². The Morgan fingerprint density at radius 2 is 1.74 bits per heavy atom. The lowest BCUT2D eigenvalue weighted by atomic mass is 9.93. The lowest BCUT2D eigenvalue weighted by Gasteiger charge is -2.46. The zero-order chi connectivity index (χ0) is 29.9. The van der Waals surface area contributed by atoms with Gasteiger partial charge in [0.2, 0.25) is 11.8 Å². The molecular weight excluding hydrogens is 591 g/mol. The van der Waals surface area contributed by atoms with E-state index in [1.54, 1.807) is 18.5 Å². The van der Waals surface area contributed by atoms with Gasteiger partial charge in [0.25, 0.3) is 0 Å². The monoisotopic (exact) mass is 626 g/mol. The first-order valence-corrected chi connectivity index (χ1v) is 15.5. The Kier molecular flexibility index (Phi) is 9.30. The number of hydrogen-bond donors (Lipinski definition) is 1. The highest BCUT2D eigenvalue weighted by Crippen LogP contribution is 2.31. The number of anilines is 1. The van der Waals surface area contributed by atoms with Crippen LogP contribution >= 0.6 is 23.2 Å². The van der Waals surface area contributed by atoms with Crippen LogP contribution in [0.3, 0.4) is 0 Å². The van der Waals surface area contributed by atoms with Crippen molar-refractivity contribution in [3.63, 3.8) is 0 Å². The van der Waals surface area contributed by atoms with Gasteiger partial charge in [0, 0.05) is 60.3 Å². The minimum Gasteiger partial charge on any atom is -0.481 e. The number of hydrogen-bond acceptors (Lipinski definition) is 9. The van der Waals surface area contributed by atoms with E-state index >= 15 is 0 Å². The molecular formula is C31H36Cl2N6O4. The van der Waals surface area contributed by atoms with Crippen molar-refractivity contribution in [2.24, 2.45) is 5.92 Å². The molecule has 43 heavy (non-hydrogen) atoms. The Bertz CT molecular complexity index is 1410. The van der Waals surface area contributed by atoms with Crippen LogP contribution in [0.4, 0.5) is 5.95 Å². The number of halogens is 2. The van der Waals surface area contributed by atoms with Crippen LogP contribution in [0.2, 0.25) is 10.0 Å².